The average Bonchev–Trinajstić information content (AvgIpc) is 2.73. The van der Waals surface area contributed by atoms with Crippen molar-refractivity contribution in [3.8, 4) is 5.75 Å². The lowest BCUT2D eigenvalue weighted by Gasteiger charge is -2.20. The molecule has 7 nitrogen and oxygen atoms in total. The number of rotatable bonds is 9. The van der Waals surface area contributed by atoms with Gasteiger partial charge in [0.1, 0.15) is 5.75 Å². The van der Waals surface area contributed by atoms with E-state index in [1.807, 2.05) is 30.3 Å². The van der Waals surface area contributed by atoms with Gasteiger partial charge >= 0.3 is 0 Å². The normalized spacial score (nSPS) is 11.2. The number of hydrogen-bond acceptors (Lipinski definition) is 5. The molecule has 2 N–H and O–H groups in total. The summed E-state index contributed by atoms with van der Waals surface area (Å²) in [6.07, 6.45) is 0.871. The van der Waals surface area contributed by atoms with Crippen LogP contribution in [0.25, 0.3) is 0 Å². The molecule has 162 valence electrons. The number of carbonyl (C=O) groups is 1. The Bertz CT molecular complexity index is 975. The van der Waals surface area contributed by atoms with Crippen LogP contribution < -0.4 is 15.4 Å². The molecular weight excluding hydrogens is 422 g/mol. The van der Waals surface area contributed by atoms with Crippen molar-refractivity contribution in [3.05, 3.63) is 54.1 Å². The summed E-state index contributed by atoms with van der Waals surface area (Å²) in [6, 6.07) is 14.2. The number of anilines is 1. The summed E-state index contributed by atoms with van der Waals surface area (Å²) in [5.41, 5.74) is 1.42. The smallest absolute Gasteiger partial charge is 0.243 e. The molecule has 0 aliphatic rings. The van der Waals surface area contributed by atoms with Crippen molar-refractivity contribution in [1.82, 2.24) is 9.62 Å². The number of carbonyl (C=O) groups excluding carboxylic acids is 1. The Hall–Kier alpha value is -2.49. The summed E-state index contributed by atoms with van der Waals surface area (Å²) in [5.74, 6) is 0.177. The molecule has 0 aliphatic heterocycles. The van der Waals surface area contributed by atoms with Crippen LogP contribution >= 0.6 is 12.2 Å². The third-order valence-electron chi connectivity index (χ3n) is 4.50. The van der Waals surface area contributed by atoms with Crippen LogP contribution in [0.3, 0.4) is 0 Å². The van der Waals surface area contributed by atoms with Gasteiger partial charge in [0.2, 0.25) is 15.9 Å². The minimum Gasteiger partial charge on any atom is -0.495 e. The number of benzene rings is 2. The number of nitrogens with one attached hydrogen (secondary N) is 2. The third-order valence-corrected chi connectivity index (χ3v) is 6.75. The first kappa shape index (κ1) is 23.8. The maximum atomic E-state index is 12.8. The fourth-order valence-corrected chi connectivity index (χ4v) is 4.61. The standard InChI is InChI=1S/C21H27N3O4S2/c1-4-24(5-2)30(26,27)17-12-13-19(28-3)18(15-17)22-21(29)23-20(25)14-11-16-9-7-6-8-10-16/h6-10,12-13,15H,4-5,11,14H2,1-3H3,(H2,22,23,25,29). The minimum atomic E-state index is -3.64. The van der Waals surface area contributed by atoms with Crippen molar-refractivity contribution in [2.45, 2.75) is 31.6 Å². The monoisotopic (exact) mass is 449 g/mol. The van der Waals surface area contributed by atoms with Crippen LogP contribution in [0.4, 0.5) is 5.69 Å². The van der Waals surface area contributed by atoms with Gasteiger partial charge in [0.15, 0.2) is 5.11 Å². The van der Waals surface area contributed by atoms with Gasteiger partial charge in [0.25, 0.3) is 0 Å². The molecular formula is C21H27N3O4S2. The number of aryl methyl sites for hydroxylation is 1. The molecule has 0 aliphatic carbocycles. The molecule has 30 heavy (non-hydrogen) atoms. The van der Waals surface area contributed by atoms with Gasteiger partial charge in [-0.25, -0.2) is 8.42 Å². The van der Waals surface area contributed by atoms with Crippen LogP contribution in [-0.4, -0.2) is 43.9 Å². The summed E-state index contributed by atoms with van der Waals surface area (Å²) < 4.78 is 32.2. The fourth-order valence-electron chi connectivity index (χ4n) is 2.90. The molecule has 2 aromatic carbocycles. The van der Waals surface area contributed by atoms with E-state index in [4.69, 9.17) is 17.0 Å². The maximum absolute atomic E-state index is 12.8. The second-order valence-electron chi connectivity index (χ2n) is 6.44. The van der Waals surface area contributed by atoms with Crippen LogP contribution in [-0.2, 0) is 21.2 Å². The van der Waals surface area contributed by atoms with Crippen molar-refractivity contribution in [1.29, 1.82) is 0 Å². The molecule has 0 spiro atoms. The van der Waals surface area contributed by atoms with E-state index >= 15 is 0 Å². The second-order valence-corrected chi connectivity index (χ2v) is 8.79. The molecule has 0 aromatic heterocycles. The molecule has 1 amide bonds. The molecule has 0 radical (unpaired) electrons. The second kappa shape index (κ2) is 11.1. The lowest BCUT2D eigenvalue weighted by molar-refractivity contribution is -0.119. The van der Waals surface area contributed by atoms with Gasteiger partial charge in [-0.1, -0.05) is 44.2 Å². The van der Waals surface area contributed by atoms with Crippen LogP contribution in [0, 0.1) is 0 Å². The number of amides is 1. The number of hydrogen-bond donors (Lipinski definition) is 2. The van der Waals surface area contributed by atoms with Crippen molar-refractivity contribution < 1.29 is 17.9 Å². The Balaban J connectivity index is 2.08. The van der Waals surface area contributed by atoms with Gasteiger partial charge < -0.3 is 15.4 Å². The molecule has 0 unspecified atom stereocenters. The van der Waals surface area contributed by atoms with Crippen molar-refractivity contribution in [3.63, 3.8) is 0 Å². The lowest BCUT2D eigenvalue weighted by atomic mass is 10.1. The number of thiocarbonyl (C=S) groups is 1. The zero-order valence-electron chi connectivity index (χ0n) is 17.3. The van der Waals surface area contributed by atoms with Gasteiger partial charge in [-0.3, -0.25) is 4.79 Å². The van der Waals surface area contributed by atoms with E-state index in [2.05, 4.69) is 10.6 Å². The van der Waals surface area contributed by atoms with Crippen molar-refractivity contribution in [2.75, 3.05) is 25.5 Å². The van der Waals surface area contributed by atoms with Crippen LogP contribution in [0.2, 0.25) is 0 Å². The minimum absolute atomic E-state index is 0.0729. The SMILES string of the molecule is CCN(CC)S(=O)(=O)c1ccc(OC)c(NC(=S)NC(=O)CCc2ccccc2)c1. The van der Waals surface area contributed by atoms with Crippen molar-refractivity contribution in [2.24, 2.45) is 0 Å². The van der Waals surface area contributed by atoms with E-state index in [-0.39, 0.29) is 22.3 Å². The molecule has 0 saturated heterocycles. The molecule has 0 bridgehead atoms. The summed E-state index contributed by atoms with van der Waals surface area (Å²) in [5, 5.41) is 5.56. The zero-order chi connectivity index (χ0) is 22.1. The number of ether oxygens (including phenoxy) is 1. The largest absolute Gasteiger partial charge is 0.495 e. The highest BCUT2D eigenvalue weighted by Crippen LogP contribution is 2.29. The molecule has 0 saturated carbocycles. The zero-order valence-corrected chi connectivity index (χ0v) is 19.0. The fraction of sp³-hybridized carbons (Fsp3) is 0.333. The highest BCUT2D eigenvalue weighted by molar-refractivity contribution is 7.89. The molecule has 0 fully saturated rings. The summed E-state index contributed by atoms with van der Waals surface area (Å²) >= 11 is 5.23. The predicted molar refractivity (Wildman–Crippen MR) is 122 cm³/mol. The highest BCUT2D eigenvalue weighted by Gasteiger charge is 2.23. The van der Waals surface area contributed by atoms with Crippen molar-refractivity contribution >= 4 is 38.9 Å². The lowest BCUT2D eigenvalue weighted by Crippen LogP contribution is -2.34. The summed E-state index contributed by atoms with van der Waals surface area (Å²) in [4.78, 5) is 12.3. The van der Waals surface area contributed by atoms with Gasteiger partial charge in [0.05, 0.1) is 17.7 Å². The van der Waals surface area contributed by atoms with E-state index in [0.29, 0.717) is 30.9 Å². The third kappa shape index (κ3) is 6.25. The maximum Gasteiger partial charge on any atom is 0.243 e. The summed E-state index contributed by atoms with van der Waals surface area (Å²) in [7, 11) is -2.17. The molecule has 0 atom stereocenters. The molecule has 9 heteroatoms. The van der Waals surface area contributed by atoms with Crippen LogP contribution in [0.1, 0.15) is 25.8 Å². The van der Waals surface area contributed by atoms with E-state index in [1.165, 1.54) is 23.5 Å². The Morgan fingerprint density at radius 3 is 2.37 bits per heavy atom. The number of sulfonamides is 1. The Morgan fingerprint density at radius 2 is 1.77 bits per heavy atom. The van der Waals surface area contributed by atoms with Crippen LogP contribution in [0.5, 0.6) is 5.75 Å². The van der Waals surface area contributed by atoms with Gasteiger partial charge in [-0.2, -0.15) is 4.31 Å². The number of methoxy groups -OCH3 is 1. The molecule has 0 heterocycles. The van der Waals surface area contributed by atoms with Gasteiger partial charge in [-0.05, 0) is 42.4 Å². The Labute approximate surface area is 183 Å². The van der Waals surface area contributed by atoms with E-state index in [9.17, 15) is 13.2 Å². The Kier molecular flexibility index (Phi) is 8.76. The van der Waals surface area contributed by atoms with E-state index < -0.39 is 10.0 Å². The summed E-state index contributed by atoms with van der Waals surface area (Å²) in [6.45, 7) is 4.29. The average molecular weight is 450 g/mol. The van der Waals surface area contributed by atoms with E-state index in [0.717, 1.165) is 5.56 Å². The van der Waals surface area contributed by atoms with Crippen LogP contribution in [0.15, 0.2) is 53.4 Å². The molecule has 2 aromatic rings. The Morgan fingerprint density at radius 1 is 1.10 bits per heavy atom. The topological polar surface area (TPSA) is 87.7 Å². The highest BCUT2D eigenvalue weighted by atomic mass is 32.2. The number of nitrogens with zero attached hydrogens (tertiary/aromatic N) is 1. The first-order valence-corrected chi connectivity index (χ1v) is 11.5. The van der Waals surface area contributed by atoms with Gasteiger partial charge in [0, 0.05) is 19.5 Å². The first-order chi connectivity index (χ1) is 14.3. The quantitative estimate of drug-likeness (QED) is 0.572. The predicted octanol–water partition coefficient (Wildman–Crippen LogP) is 3.17. The first-order valence-electron chi connectivity index (χ1n) is 9.64. The molecule has 2 rings (SSSR count). The van der Waals surface area contributed by atoms with Gasteiger partial charge in [-0.15, -0.1) is 0 Å². The van der Waals surface area contributed by atoms with E-state index in [1.54, 1.807) is 19.9 Å².